The Hall–Kier alpha value is -1.43. The van der Waals surface area contributed by atoms with Crippen LogP contribution in [-0.2, 0) is 23.0 Å². The summed E-state index contributed by atoms with van der Waals surface area (Å²) in [4.78, 5) is 0.950. The van der Waals surface area contributed by atoms with Crippen molar-refractivity contribution < 1.29 is 8.42 Å². The number of hydrogen-bond acceptors (Lipinski definition) is 3. The molecule has 1 aliphatic rings. The van der Waals surface area contributed by atoms with Crippen molar-refractivity contribution in [2.75, 3.05) is 6.54 Å². The van der Waals surface area contributed by atoms with Crippen molar-refractivity contribution in [2.24, 2.45) is 0 Å². The van der Waals surface area contributed by atoms with Gasteiger partial charge in [-0.1, -0.05) is 30.3 Å². The van der Waals surface area contributed by atoms with Gasteiger partial charge in [-0.25, -0.2) is 8.42 Å². The quantitative estimate of drug-likeness (QED) is 0.874. The fourth-order valence-corrected chi connectivity index (χ4v) is 4.17. The molecule has 0 amide bonds. The molecular weight excluding hydrogens is 290 g/mol. The third-order valence-electron chi connectivity index (χ3n) is 3.40. The van der Waals surface area contributed by atoms with Gasteiger partial charge in [0.2, 0.25) is 10.0 Å². The van der Waals surface area contributed by atoms with Crippen LogP contribution in [-0.4, -0.2) is 19.3 Å². The van der Waals surface area contributed by atoms with E-state index in [-0.39, 0.29) is 0 Å². The van der Waals surface area contributed by atoms with Crippen molar-refractivity contribution in [1.82, 2.24) is 4.31 Å². The molecule has 5 heteroatoms. The molecule has 0 saturated heterocycles. The maximum Gasteiger partial charge on any atom is 0.236 e. The second-order valence-corrected chi connectivity index (χ2v) is 7.51. The van der Waals surface area contributed by atoms with E-state index in [1.165, 1.54) is 22.3 Å². The van der Waals surface area contributed by atoms with E-state index < -0.39 is 10.0 Å². The number of benzene rings is 1. The number of thiophene rings is 1. The molecule has 1 aromatic heterocycles. The van der Waals surface area contributed by atoms with Crippen LogP contribution < -0.4 is 0 Å². The van der Waals surface area contributed by atoms with Gasteiger partial charge in [-0.05, 0) is 35.1 Å². The first-order valence-corrected chi connectivity index (χ1v) is 8.82. The summed E-state index contributed by atoms with van der Waals surface area (Å²) in [5.41, 5.74) is 2.35. The summed E-state index contributed by atoms with van der Waals surface area (Å²) in [5, 5.41) is 3.25. The molecule has 3 rings (SSSR count). The minimum atomic E-state index is -3.34. The summed E-state index contributed by atoms with van der Waals surface area (Å²) < 4.78 is 26.2. The minimum absolute atomic E-state index is 0.466. The first kappa shape index (κ1) is 13.5. The smallest absolute Gasteiger partial charge is 0.207 e. The Morgan fingerprint density at radius 1 is 1.10 bits per heavy atom. The zero-order chi connectivity index (χ0) is 14.0. The Bertz CT molecular complexity index is 718. The van der Waals surface area contributed by atoms with Crippen molar-refractivity contribution in [3.63, 3.8) is 0 Å². The van der Waals surface area contributed by atoms with Gasteiger partial charge in [0.1, 0.15) is 0 Å². The van der Waals surface area contributed by atoms with Gasteiger partial charge in [-0.3, -0.25) is 0 Å². The Kier molecular flexibility index (Phi) is 3.74. The summed E-state index contributed by atoms with van der Waals surface area (Å²) in [6.07, 6.45) is 2.45. The van der Waals surface area contributed by atoms with Crippen molar-refractivity contribution in [3.8, 4) is 0 Å². The van der Waals surface area contributed by atoms with Crippen LogP contribution >= 0.6 is 11.3 Å². The maximum atomic E-state index is 12.3. The normalized spacial score (nSPS) is 16.4. The van der Waals surface area contributed by atoms with Crippen LogP contribution in [0.25, 0.3) is 6.08 Å². The zero-order valence-electron chi connectivity index (χ0n) is 10.9. The topological polar surface area (TPSA) is 37.4 Å². The summed E-state index contributed by atoms with van der Waals surface area (Å²) in [5.74, 6) is 0. The van der Waals surface area contributed by atoms with Gasteiger partial charge in [0.25, 0.3) is 0 Å². The molecule has 1 aromatic carbocycles. The molecule has 1 aliphatic heterocycles. The number of nitrogens with zero attached hydrogens (tertiary/aromatic N) is 1. The van der Waals surface area contributed by atoms with Crippen LogP contribution in [0.5, 0.6) is 0 Å². The van der Waals surface area contributed by atoms with E-state index in [9.17, 15) is 8.42 Å². The minimum Gasteiger partial charge on any atom is -0.207 e. The molecule has 20 heavy (non-hydrogen) atoms. The molecule has 0 unspecified atom stereocenters. The van der Waals surface area contributed by atoms with Gasteiger partial charge in [0.15, 0.2) is 0 Å². The van der Waals surface area contributed by atoms with E-state index in [4.69, 9.17) is 0 Å². The third kappa shape index (κ3) is 2.85. The summed E-state index contributed by atoms with van der Waals surface area (Å²) in [6.45, 7) is 1.02. The SMILES string of the molecule is O=S(=O)(C=Cc1cccs1)N1CCc2ccccc2C1. The van der Waals surface area contributed by atoms with Crippen molar-refractivity contribution in [3.05, 3.63) is 63.2 Å². The fourth-order valence-electron chi connectivity index (χ4n) is 2.31. The van der Waals surface area contributed by atoms with Gasteiger partial charge < -0.3 is 0 Å². The van der Waals surface area contributed by atoms with Gasteiger partial charge >= 0.3 is 0 Å². The van der Waals surface area contributed by atoms with E-state index in [0.29, 0.717) is 13.1 Å². The second-order valence-electron chi connectivity index (χ2n) is 4.72. The number of rotatable bonds is 3. The molecule has 0 bridgehead atoms. The molecule has 0 atom stereocenters. The van der Waals surface area contributed by atoms with Gasteiger partial charge in [0.05, 0.1) is 0 Å². The Labute approximate surface area is 123 Å². The second kappa shape index (κ2) is 5.52. The Morgan fingerprint density at radius 2 is 1.90 bits per heavy atom. The lowest BCUT2D eigenvalue weighted by Crippen LogP contribution is -2.34. The molecule has 2 heterocycles. The molecular formula is C15H15NO2S2. The average Bonchev–Trinajstić information content (AvgIpc) is 2.98. The summed E-state index contributed by atoms with van der Waals surface area (Å²) >= 11 is 1.53. The van der Waals surface area contributed by atoms with E-state index in [1.54, 1.807) is 10.4 Å². The molecule has 0 N–H and O–H groups in total. The lowest BCUT2D eigenvalue weighted by Gasteiger charge is -2.26. The molecule has 0 radical (unpaired) electrons. The molecule has 104 valence electrons. The van der Waals surface area contributed by atoms with Crippen molar-refractivity contribution in [1.29, 1.82) is 0 Å². The Morgan fingerprint density at radius 3 is 2.65 bits per heavy atom. The number of sulfonamides is 1. The highest BCUT2D eigenvalue weighted by molar-refractivity contribution is 7.92. The van der Waals surface area contributed by atoms with Crippen molar-refractivity contribution in [2.45, 2.75) is 13.0 Å². The predicted molar refractivity (Wildman–Crippen MR) is 82.8 cm³/mol. The van der Waals surface area contributed by atoms with E-state index in [2.05, 4.69) is 6.07 Å². The first-order chi connectivity index (χ1) is 9.65. The van der Waals surface area contributed by atoms with Crippen LogP contribution in [0.15, 0.2) is 47.2 Å². The van der Waals surface area contributed by atoms with Crippen LogP contribution in [0.4, 0.5) is 0 Å². The van der Waals surface area contributed by atoms with Crippen LogP contribution in [0.3, 0.4) is 0 Å². The van der Waals surface area contributed by atoms with Gasteiger partial charge in [-0.15, -0.1) is 11.3 Å². The van der Waals surface area contributed by atoms with Gasteiger partial charge in [0, 0.05) is 23.4 Å². The highest BCUT2D eigenvalue weighted by atomic mass is 32.2. The standard InChI is InChI=1S/C15H15NO2S2/c17-20(18,11-8-15-6-3-10-19-15)16-9-7-13-4-1-2-5-14(13)12-16/h1-6,8,10-11H,7,9,12H2. The lowest BCUT2D eigenvalue weighted by atomic mass is 10.0. The van der Waals surface area contributed by atoms with E-state index in [0.717, 1.165) is 16.9 Å². The van der Waals surface area contributed by atoms with E-state index in [1.807, 2.05) is 35.7 Å². The van der Waals surface area contributed by atoms with E-state index >= 15 is 0 Å². The number of fused-ring (bicyclic) bond motifs is 1. The van der Waals surface area contributed by atoms with Crippen LogP contribution in [0.1, 0.15) is 16.0 Å². The molecule has 0 aliphatic carbocycles. The predicted octanol–water partition coefficient (Wildman–Crippen LogP) is 3.11. The molecule has 0 saturated carbocycles. The first-order valence-electron chi connectivity index (χ1n) is 6.44. The Balaban J connectivity index is 1.80. The largest absolute Gasteiger partial charge is 0.236 e. The monoisotopic (exact) mass is 305 g/mol. The lowest BCUT2D eigenvalue weighted by molar-refractivity contribution is 0.397. The van der Waals surface area contributed by atoms with Crippen molar-refractivity contribution >= 4 is 27.4 Å². The average molecular weight is 305 g/mol. The van der Waals surface area contributed by atoms with Gasteiger partial charge in [-0.2, -0.15) is 4.31 Å². The van der Waals surface area contributed by atoms with Crippen LogP contribution in [0.2, 0.25) is 0 Å². The molecule has 2 aromatic rings. The molecule has 0 spiro atoms. The number of hydrogen-bond donors (Lipinski definition) is 0. The van der Waals surface area contributed by atoms with Crippen LogP contribution in [0, 0.1) is 0 Å². The third-order valence-corrected chi connectivity index (χ3v) is 5.75. The molecule has 3 nitrogen and oxygen atoms in total. The zero-order valence-corrected chi connectivity index (χ0v) is 12.5. The highest BCUT2D eigenvalue weighted by Gasteiger charge is 2.24. The molecule has 0 fully saturated rings. The highest BCUT2D eigenvalue weighted by Crippen LogP contribution is 2.22. The summed E-state index contributed by atoms with van der Waals surface area (Å²) in [6, 6.07) is 11.8. The summed E-state index contributed by atoms with van der Waals surface area (Å²) in [7, 11) is -3.34. The maximum absolute atomic E-state index is 12.3. The fraction of sp³-hybridized carbons (Fsp3) is 0.200.